The number of aromatic nitrogens is 1. The number of nitrogens with zero attached hydrogens (tertiary/aromatic N) is 2. The van der Waals surface area contributed by atoms with Crippen LogP contribution in [0, 0.1) is 5.92 Å². The number of ether oxygens (including phenoxy) is 1. The van der Waals surface area contributed by atoms with Gasteiger partial charge in [-0.1, -0.05) is 0 Å². The average Bonchev–Trinajstić information content (AvgIpc) is 2.50. The summed E-state index contributed by atoms with van der Waals surface area (Å²) in [5.74, 6) is 0.705. The normalized spacial score (nSPS) is 29.3. The molecule has 3 rings (SSSR count). The minimum atomic E-state index is 0.485. The lowest BCUT2D eigenvalue weighted by molar-refractivity contribution is 0.0265. The van der Waals surface area contributed by atoms with Crippen LogP contribution in [0.5, 0.6) is 0 Å². The Morgan fingerprint density at radius 2 is 2.26 bits per heavy atom. The summed E-state index contributed by atoms with van der Waals surface area (Å²) in [5.41, 5.74) is 1.37. The number of pyridine rings is 1. The fraction of sp³-hybridized carbons (Fsp3) is 0.667. The predicted molar refractivity (Wildman–Crippen MR) is 75.0 cm³/mol. The molecule has 0 bridgehead atoms. The SMILES string of the molecule is c1cc(C2CNCCN2CC2CCCOC2)ccn1. The van der Waals surface area contributed by atoms with Crippen LogP contribution in [-0.2, 0) is 4.74 Å². The van der Waals surface area contributed by atoms with Crippen LogP contribution in [0.25, 0.3) is 0 Å². The van der Waals surface area contributed by atoms with Gasteiger partial charge in [-0.3, -0.25) is 9.88 Å². The largest absolute Gasteiger partial charge is 0.381 e. The van der Waals surface area contributed by atoms with Crippen molar-refractivity contribution in [2.45, 2.75) is 18.9 Å². The van der Waals surface area contributed by atoms with Crippen molar-refractivity contribution in [1.82, 2.24) is 15.2 Å². The molecule has 0 aromatic carbocycles. The maximum Gasteiger partial charge on any atom is 0.0506 e. The molecule has 4 nitrogen and oxygen atoms in total. The fourth-order valence-electron chi connectivity index (χ4n) is 3.16. The molecule has 0 spiro atoms. The van der Waals surface area contributed by atoms with Crippen molar-refractivity contribution in [3.8, 4) is 0 Å². The van der Waals surface area contributed by atoms with E-state index in [-0.39, 0.29) is 0 Å². The zero-order valence-electron chi connectivity index (χ0n) is 11.4. The van der Waals surface area contributed by atoms with Crippen LogP contribution in [0.4, 0.5) is 0 Å². The molecule has 0 aliphatic carbocycles. The van der Waals surface area contributed by atoms with E-state index in [2.05, 4.69) is 27.3 Å². The van der Waals surface area contributed by atoms with Crippen molar-refractivity contribution in [3.05, 3.63) is 30.1 Å². The minimum Gasteiger partial charge on any atom is -0.381 e. The smallest absolute Gasteiger partial charge is 0.0506 e. The van der Waals surface area contributed by atoms with E-state index < -0.39 is 0 Å². The van der Waals surface area contributed by atoms with E-state index in [1.165, 1.54) is 18.4 Å². The second kappa shape index (κ2) is 6.46. The first-order chi connectivity index (χ1) is 9.43. The molecule has 1 aromatic heterocycles. The summed E-state index contributed by atoms with van der Waals surface area (Å²) in [6.07, 6.45) is 6.32. The van der Waals surface area contributed by atoms with Crippen LogP contribution in [-0.4, -0.2) is 49.3 Å². The Bertz CT molecular complexity index is 378. The first-order valence-electron chi connectivity index (χ1n) is 7.36. The zero-order valence-corrected chi connectivity index (χ0v) is 11.4. The molecular weight excluding hydrogens is 238 g/mol. The third-order valence-corrected chi connectivity index (χ3v) is 4.19. The summed E-state index contributed by atoms with van der Waals surface area (Å²) in [6.45, 7) is 6.31. The van der Waals surface area contributed by atoms with Gasteiger partial charge in [-0.2, -0.15) is 0 Å². The van der Waals surface area contributed by atoms with E-state index in [9.17, 15) is 0 Å². The molecule has 3 heterocycles. The molecule has 1 aromatic rings. The summed E-state index contributed by atoms with van der Waals surface area (Å²) >= 11 is 0. The standard InChI is InChI=1S/C15H23N3O/c1-2-13(12-19-9-1)11-18-8-7-17-10-15(18)14-3-5-16-6-4-14/h3-6,13,15,17H,1-2,7-12H2. The summed E-state index contributed by atoms with van der Waals surface area (Å²) < 4.78 is 5.61. The second-order valence-corrected chi connectivity index (χ2v) is 5.58. The Labute approximate surface area is 115 Å². The van der Waals surface area contributed by atoms with E-state index in [0.29, 0.717) is 12.0 Å². The van der Waals surface area contributed by atoms with Crippen LogP contribution in [0.15, 0.2) is 24.5 Å². The van der Waals surface area contributed by atoms with Gasteiger partial charge >= 0.3 is 0 Å². The summed E-state index contributed by atoms with van der Waals surface area (Å²) in [5, 5.41) is 3.51. The Morgan fingerprint density at radius 3 is 3.05 bits per heavy atom. The Hall–Kier alpha value is -0.970. The molecule has 104 valence electrons. The number of piperazine rings is 1. The highest BCUT2D eigenvalue weighted by Crippen LogP contribution is 2.24. The van der Waals surface area contributed by atoms with Crippen molar-refractivity contribution in [2.75, 3.05) is 39.4 Å². The van der Waals surface area contributed by atoms with E-state index in [1.807, 2.05) is 12.4 Å². The van der Waals surface area contributed by atoms with Crippen molar-refractivity contribution < 1.29 is 4.74 Å². The maximum atomic E-state index is 5.61. The lowest BCUT2D eigenvalue weighted by atomic mass is 9.98. The zero-order chi connectivity index (χ0) is 12.9. The molecular formula is C15H23N3O. The Morgan fingerprint density at radius 1 is 1.37 bits per heavy atom. The average molecular weight is 261 g/mol. The number of hydrogen-bond acceptors (Lipinski definition) is 4. The van der Waals surface area contributed by atoms with E-state index in [4.69, 9.17) is 4.74 Å². The minimum absolute atomic E-state index is 0.485. The van der Waals surface area contributed by atoms with Gasteiger partial charge in [0.25, 0.3) is 0 Å². The summed E-state index contributed by atoms with van der Waals surface area (Å²) in [7, 11) is 0. The van der Waals surface area contributed by atoms with Gasteiger partial charge in [0.15, 0.2) is 0 Å². The summed E-state index contributed by atoms with van der Waals surface area (Å²) in [6, 6.07) is 4.77. The second-order valence-electron chi connectivity index (χ2n) is 5.58. The molecule has 2 aliphatic heterocycles. The van der Waals surface area contributed by atoms with Crippen LogP contribution < -0.4 is 5.32 Å². The first-order valence-corrected chi connectivity index (χ1v) is 7.36. The van der Waals surface area contributed by atoms with Gasteiger partial charge in [-0.25, -0.2) is 0 Å². The van der Waals surface area contributed by atoms with Gasteiger partial charge in [0.05, 0.1) is 6.61 Å². The maximum absolute atomic E-state index is 5.61. The highest BCUT2D eigenvalue weighted by molar-refractivity contribution is 5.16. The van der Waals surface area contributed by atoms with Gasteiger partial charge in [-0.15, -0.1) is 0 Å². The highest BCUT2D eigenvalue weighted by atomic mass is 16.5. The molecule has 19 heavy (non-hydrogen) atoms. The van der Waals surface area contributed by atoms with Gasteiger partial charge < -0.3 is 10.1 Å². The van der Waals surface area contributed by atoms with Crippen LogP contribution in [0.1, 0.15) is 24.4 Å². The molecule has 4 heteroatoms. The monoisotopic (exact) mass is 261 g/mol. The van der Waals surface area contributed by atoms with Crippen molar-refractivity contribution in [2.24, 2.45) is 5.92 Å². The van der Waals surface area contributed by atoms with Crippen molar-refractivity contribution in [3.63, 3.8) is 0 Å². The number of hydrogen-bond donors (Lipinski definition) is 1. The topological polar surface area (TPSA) is 37.4 Å². The molecule has 0 saturated carbocycles. The Balaban J connectivity index is 1.66. The summed E-state index contributed by atoms with van der Waals surface area (Å²) in [4.78, 5) is 6.74. The van der Waals surface area contributed by atoms with Gasteiger partial charge in [-0.05, 0) is 36.5 Å². The highest BCUT2D eigenvalue weighted by Gasteiger charge is 2.26. The Kier molecular flexibility index (Phi) is 4.43. The van der Waals surface area contributed by atoms with Gasteiger partial charge in [0.1, 0.15) is 0 Å². The number of nitrogens with one attached hydrogen (secondary N) is 1. The van der Waals surface area contributed by atoms with E-state index >= 15 is 0 Å². The predicted octanol–water partition coefficient (Wildman–Crippen LogP) is 1.45. The van der Waals surface area contributed by atoms with Crippen LogP contribution in [0.2, 0.25) is 0 Å². The van der Waals surface area contributed by atoms with Crippen molar-refractivity contribution in [1.29, 1.82) is 0 Å². The molecule has 2 atom stereocenters. The van der Waals surface area contributed by atoms with E-state index in [1.54, 1.807) is 0 Å². The molecule has 2 aliphatic rings. The molecule has 0 radical (unpaired) electrons. The molecule has 2 fully saturated rings. The third-order valence-electron chi connectivity index (χ3n) is 4.19. The molecule has 1 N–H and O–H groups in total. The fourth-order valence-corrected chi connectivity index (χ4v) is 3.16. The third kappa shape index (κ3) is 3.32. The van der Waals surface area contributed by atoms with Crippen molar-refractivity contribution >= 4 is 0 Å². The van der Waals surface area contributed by atoms with Crippen LogP contribution >= 0.6 is 0 Å². The lowest BCUT2D eigenvalue weighted by Crippen LogP contribution is -2.48. The lowest BCUT2D eigenvalue weighted by Gasteiger charge is -2.39. The quantitative estimate of drug-likeness (QED) is 0.894. The number of rotatable bonds is 3. The van der Waals surface area contributed by atoms with Gasteiger partial charge in [0, 0.05) is 51.2 Å². The molecule has 2 unspecified atom stereocenters. The van der Waals surface area contributed by atoms with Gasteiger partial charge in [0.2, 0.25) is 0 Å². The molecule has 2 saturated heterocycles. The van der Waals surface area contributed by atoms with Crippen LogP contribution in [0.3, 0.4) is 0 Å². The first kappa shape index (κ1) is 13.0. The van der Waals surface area contributed by atoms with E-state index in [0.717, 1.165) is 39.4 Å². The molecule has 0 amide bonds.